The Hall–Kier alpha value is -0.570. The molecule has 1 saturated carbocycles. The van der Waals surface area contributed by atoms with Crippen LogP contribution in [0, 0.1) is 5.92 Å². The van der Waals surface area contributed by atoms with Crippen LogP contribution in [0.4, 0.5) is 5.13 Å². The summed E-state index contributed by atoms with van der Waals surface area (Å²) in [6, 6.07) is 0. The van der Waals surface area contributed by atoms with Crippen molar-refractivity contribution in [3.63, 3.8) is 0 Å². The molecule has 1 fully saturated rings. The van der Waals surface area contributed by atoms with Crippen LogP contribution in [0.15, 0.2) is 6.20 Å². The topological polar surface area (TPSA) is 24.9 Å². The molecule has 14 heavy (non-hydrogen) atoms. The van der Waals surface area contributed by atoms with E-state index < -0.39 is 0 Å². The van der Waals surface area contributed by atoms with Gasteiger partial charge in [-0.2, -0.15) is 0 Å². The van der Waals surface area contributed by atoms with Crippen LogP contribution in [-0.2, 0) is 6.42 Å². The summed E-state index contributed by atoms with van der Waals surface area (Å²) in [7, 11) is 1.93. The van der Waals surface area contributed by atoms with E-state index in [1.165, 1.54) is 43.4 Å². The van der Waals surface area contributed by atoms with Crippen molar-refractivity contribution < 1.29 is 0 Å². The highest BCUT2D eigenvalue weighted by atomic mass is 32.1. The van der Waals surface area contributed by atoms with E-state index in [2.05, 4.69) is 10.3 Å². The van der Waals surface area contributed by atoms with Crippen LogP contribution in [-0.4, -0.2) is 12.0 Å². The van der Waals surface area contributed by atoms with E-state index in [0.717, 1.165) is 11.0 Å². The summed E-state index contributed by atoms with van der Waals surface area (Å²) >= 11 is 1.79. The lowest BCUT2D eigenvalue weighted by molar-refractivity contribution is 0.505. The number of thiazole rings is 1. The van der Waals surface area contributed by atoms with Gasteiger partial charge in [-0.3, -0.25) is 0 Å². The van der Waals surface area contributed by atoms with Crippen LogP contribution in [0.5, 0.6) is 0 Å². The van der Waals surface area contributed by atoms with Crippen molar-refractivity contribution in [1.82, 2.24) is 4.98 Å². The van der Waals surface area contributed by atoms with Crippen LogP contribution in [0.1, 0.15) is 37.0 Å². The Labute approximate surface area is 89.8 Å². The zero-order valence-electron chi connectivity index (χ0n) is 8.75. The first-order valence-corrected chi connectivity index (χ1v) is 6.32. The second kappa shape index (κ2) is 4.78. The highest BCUT2D eigenvalue weighted by Gasteiger charge is 2.14. The molecule has 0 spiro atoms. The summed E-state index contributed by atoms with van der Waals surface area (Å²) in [4.78, 5) is 5.72. The molecule has 0 saturated heterocycles. The van der Waals surface area contributed by atoms with Gasteiger partial charge < -0.3 is 5.32 Å². The molecular formula is C11H18N2S. The fourth-order valence-corrected chi connectivity index (χ4v) is 2.97. The van der Waals surface area contributed by atoms with Gasteiger partial charge in [0.2, 0.25) is 0 Å². The van der Waals surface area contributed by atoms with Crippen molar-refractivity contribution in [1.29, 1.82) is 0 Å². The molecule has 3 heteroatoms. The molecule has 1 aliphatic rings. The van der Waals surface area contributed by atoms with Crippen molar-refractivity contribution in [2.45, 2.75) is 38.5 Å². The standard InChI is InChI=1S/C11H18N2S/c1-12-11-13-8-10(14-11)7-6-9-4-2-3-5-9/h8-9H,2-7H2,1H3,(H,12,13). The van der Waals surface area contributed by atoms with E-state index in [4.69, 9.17) is 0 Å². The van der Waals surface area contributed by atoms with Gasteiger partial charge in [0.1, 0.15) is 0 Å². The Morgan fingerprint density at radius 1 is 1.50 bits per heavy atom. The van der Waals surface area contributed by atoms with Crippen molar-refractivity contribution in [2.24, 2.45) is 5.92 Å². The van der Waals surface area contributed by atoms with Crippen molar-refractivity contribution in [3.8, 4) is 0 Å². The molecule has 1 aliphatic carbocycles. The monoisotopic (exact) mass is 210 g/mol. The second-order valence-corrected chi connectivity index (χ2v) is 5.19. The first kappa shape index (κ1) is 9.97. The van der Waals surface area contributed by atoms with Gasteiger partial charge in [0.15, 0.2) is 5.13 Å². The molecule has 78 valence electrons. The van der Waals surface area contributed by atoms with Gasteiger partial charge in [0.05, 0.1) is 0 Å². The highest BCUT2D eigenvalue weighted by molar-refractivity contribution is 7.15. The molecular weight excluding hydrogens is 192 g/mol. The number of aromatic nitrogens is 1. The molecule has 1 aromatic heterocycles. The zero-order valence-corrected chi connectivity index (χ0v) is 9.57. The van der Waals surface area contributed by atoms with Crippen LogP contribution < -0.4 is 5.32 Å². The van der Waals surface area contributed by atoms with E-state index in [-0.39, 0.29) is 0 Å². The lowest BCUT2D eigenvalue weighted by Gasteiger charge is -2.05. The summed E-state index contributed by atoms with van der Waals surface area (Å²) in [5.74, 6) is 0.995. The van der Waals surface area contributed by atoms with E-state index in [1.54, 1.807) is 11.3 Å². The predicted molar refractivity (Wildman–Crippen MR) is 61.9 cm³/mol. The number of aryl methyl sites for hydroxylation is 1. The fourth-order valence-electron chi connectivity index (χ4n) is 2.18. The molecule has 1 N–H and O–H groups in total. The number of rotatable bonds is 4. The predicted octanol–water partition coefficient (Wildman–Crippen LogP) is 3.31. The molecule has 0 aromatic carbocycles. The summed E-state index contributed by atoms with van der Waals surface area (Å²) < 4.78 is 0. The third kappa shape index (κ3) is 2.47. The fraction of sp³-hybridized carbons (Fsp3) is 0.727. The van der Waals surface area contributed by atoms with Crippen molar-refractivity contribution in [3.05, 3.63) is 11.1 Å². The van der Waals surface area contributed by atoms with Gasteiger partial charge in [-0.1, -0.05) is 25.7 Å². The average molecular weight is 210 g/mol. The van der Waals surface area contributed by atoms with Crippen LogP contribution in [0.2, 0.25) is 0 Å². The highest BCUT2D eigenvalue weighted by Crippen LogP contribution is 2.29. The third-order valence-electron chi connectivity index (χ3n) is 3.04. The largest absolute Gasteiger partial charge is 0.365 e. The summed E-state index contributed by atoms with van der Waals surface area (Å²) in [6.07, 6.45) is 10.4. The van der Waals surface area contributed by atoms with Crippen molar-refractivity contribution >= 4 is 16.5 Å². The first-order valence-electron chi connectivity index (χ1n) is 5.51. The zero-order chi connectivity index (χ0) is 9.80. The number of nitrogens with zero attached hydrogens (tertiary/aromatic N) is 1. The molecule has 0 atom stereocenters. The van der Waals surface area contributed by atoms with Crippen LogP contribution >= 0.6 is 11.3 Å². The van der Waals surface area contributed by atoms with Gasteiger partial charge in [-0.25, -0.2) is 4.98 Å². The minimum Gasteiger partial charge on any atom is -0.365 e. The Kier molecular flexibility index (Phi) is 3.40. The van der Waals surface area contributed by atoms with Gasteiger partial charge in [0.25, 0.3) is 0 Å². The smallest absolute Gasteiger partial charge is 0.182 e. The summed E-state index contributed by atoms with van der Waals surface area (Å²) in [5, 5.41) is 4.13. The van der Waals surface area contributed by atoms with E-state index >= 15 is 0 Å². The maximum atomic E-state index is 4.29. The molecule has 1 aromatic rings. The average Bonchev–Trinajstić information content (AvgIpc) is 2.86. The Balaban J connectivity index is 1.79. The van der Waals surface area contributed by atoms with Crippen molar-refractivity contribution in [2.75, 3.05) is 12.4 Å². The number of anilines is 1. The molecule has 2 nitrogen and oxygen atoms in total. The third-order valence-corrected chi connectivity index (χ3v) is 4.12. The molecule has 0 unspecified atom stereocenters. The molecule has 0 bridgehead atoms. The van der Waals surface area contributed by atoms with Gasteiger partial charge in [-0.15, -0.1) is 11.3 Å². The normalized spacial score (nSPS) is 17.5. The SMILES string of the molecule is CNc1ncc(CCC2CCCC2)s1. The number of hydrogen-bond acceptors (Lipinski definition) is 3. The Morgan fingerprint density at radius 2 is 2.29 bits per heavy atom. The van der Waals surface area contributed by atoms with E-state index in [9.17, 15) is 0 Å². The van der Waals surface area contributed by atoms with E-state index in [0.29, 0.717) is 0 Å². The first-order chi connectivity index (χ1) is 6.88. The van der Waals surface area contributed by atoms with Crippen LogP contribution in [0.25, 0.3) is 0 Å². The Morgan fingerprint density at radius 3 is 2.93 bits per heavy atom. The van der Waals surface area contributed by atoms with Crippen LogP contribution in [0.3, 0.4) is 0 Å². The number of nitrogens with one attached hydrogen (secondary N) is 1. The quantitative estimate of drug-likeness (QED) is 0.824. The maximum absolute atomic E-state index is 4.29. The van der Waals surface area contributed by atoms with Gasteiger partial charge >= 0.3 is 0 Å². The minimum atomic E-state index is 0.995. The number of hydrogen-bond donors (Lipinski definition) is 1. The lowest BCUT2D eigenvalue weighted by Crippen LogP contribution is -1.94. The summed E-state index contributed by atoms with van der Waals surface area (Å²) in [5.41, 5.74) is 0. The molecule has 0 amide bonds. The second-order valence-electron chi connectivity index (χ2n) is 4.07. The summed E-state index contributed by atoms with van der Waals surface area (Å²) in [6.45, 7) is 0. The Bertz CT molecular complexity index is 277. The minimum absolute atomic E-state index is 0.995. The molecule has 0 aliphatic heterocycles. The molecule has 0 radical (unpaired) electrons. The maximum Gasteiger partial charge on any atom is 0.182 e. The molecule has 2 rings (SSSR count). The lowest BCUT2D eigenvalue weighted by atomic mass is 10.0. The van der Waals surface area contributed by atoms with Gasteiger partial charge in [-0.05, 0) is 18.8 Å². The molecule has 1 heterocycles. The van der Waals surface area contributed by atoms with Gasteiger partial charge in [0, 0.05) is 18.1 Å². The van der Waals surface area contributed by atoms with E-state index in [1.807, 2.05) is 13.2 Å².